The zero-order valence-electron chi connectivity index (χ0n) is 23.0. The van der Waals surface area contributed by atoms with Crippen LogP contribution in [0, 0.1) is 17.7 Å². The first kappa shape index (κ1) is 28.1. The molecule has 3 heterocycles. The number of rotatable bonds is 7. The molecule has 0 bridgehead atoms. The smallest absolute Gasteiger partial charge is 0.322 e. The molecule has 8 nitrogen and oxygen atoms in total. The van der Waals surface area contributed by atoms with Gasteiger partial charge < -0.3 is 20.6 Å². The molecule has 2 amide bonds. The van der Waals surface area contributed by atoms with Crippen LogP contribution in [0.2, 0.25) is 10.0 Å². The van der Waals surface area contributed by atoms with Gasteiger partial charge in [0, 0.05) is 52.7 Å². The molecule has 222 valence electrons. The van der Waals surface area contributed by atoms with Crippen LogP contribution in [-0.4, -0.2) is 53.5 Å². The Morgan fingerprint density at radius 1 is 1.07 bits per heavy atom. The summed E-state index contributed by atoms with van der Waals surface area (Å²) in [4.78, 5) is 43.9. The molecule has 43 heavy (non-hydrogen) atoms. The van der Waals surface area contributed by atoms with Crippen LogP contribution in [0.1, 0.15) is 36.3 Å². The predicted molar refractivity (Wildman–Crippen MR) is 162 cm³/mol. The SMILES string of the molecule is O=C(O)CNc1ccc(N2CC[C@H]3[C@@H](C2=O)[C@H](c2cccc(Cl)c2F)[C@]2(C(=O)Nc4cc(Cl)ccc42)N3CC2CC2)cc1. The number of benzene rings is 3. The van der Waals surface area contributed by atoms with Crippen LogP contribution in [0.3, 0.4) is 0 Å². The highest BCUT2D eigenvalue weighted by Gasteiger charge is 2.70. The topological polar surface area (TPSA) is 102 Å². The lowest BCUT2D eigenvalue weighted by Gasteiger charge is -2.40. The van der Waals surface area contributed by atoms with Gasteiger partial charge >= 0.3 is 5.97 Å². The Balaban J connectivity index is 1.37. The maximum Gasteiger partial charge on any atom is 0.322 e. The fourth-order valence-corrected chi connectivity index (χ4v) is 7.78. The van der Waals surface area contributed by atoms with Crippen molar-refractivity contribution >= 4 is 58.0 Å². The number of fused-ring (bicyclic) bond motifs is 3. The Bertz CT molecular complexity index is 1650. The van der Waals surface area contributed by atoms with Crippen molar-refractivity contribution in [3.05, 3.63) is 87.7 Å². The minimum atomic E-state index is -1.33. The van der Waals surface area contributed by atoms with E-state index in [1.165, 1.54) is 6.07 Å². The van der Waals surface area contributed by atoms with Gasteiger partial charge in [-0.3, -0.25) is 19.3 Å². The molecule has 3 fully saturated rings. The van der Waals surface area contributed by atoms with E-state index in [0.717, 1.165) is 12.8 Å². The van der Waals surface area contributed by atoms with E-state index >= 15 is 4.39 Å². The first-order chi connectivity index (χ1) is 20.7. The highest BCUT2D eigenvalue weighted by atomic mass is 35.5. The lowest BCUT2D eigenvalue weighted by atomic mass is 9.70. The number of hydrogen-bond acceptors (Lipinski definition) is 5. The van der Waals surface area contributed by atoms with Crippen LogP contribution in [0.25, 0.3) is 0 Å². The molecule has 3 aromatic rings. The Labute approximate surface area is 257 Å². The van der Waals surface area contributed by atoms with Crippen LogP contribution >= 0.6 is 23.2 Å². The number of carboxylic acids is 1. The van der Waals surface area contributed by atoms with E-state index in [-0.39, 0.29) is 35.0 Å². The van der Waals surface area contributed by atoms with Gasteiger partial charge in [-0.15, -0.1) is 0 Å². The second kappa shape index (κ2) is 10.5. The number of nitrogens with one attached hydrogen (secondary N) is 2. The fourth-order valence-electron chi connectivity index (χ4n) is 7.43. The largest absolute Gasteiger partial charge is 0.480 e. The Morgan fingerprint density at radius 3 is 2.56 bits per heavy atom. The maximum atomic E-state index is 16.1. The molecular formula is C32H29Cl2FN4O4. The van der Waals surface area contributed by atoms with E-state index < -0.39 is 29.2 Å². The second-order valence-corrected chi connectivity index (χ2v) is 12.6. The van der Waals surface area contributed by atoms with Crippen LogP contribution in [-0.2, 0) is 19.9 Å². The summed E-state index contributed by atoms with van der Waals surface area (Å²) in [6, 6.07) is 16.7. The summed E-state index contributed by atoms with van der Waals surface area (Å²) in [5.74, 6) is -3.30. The molecular weight excluding hydrogens is 594 g/mol. The third-order valence-electron chi connectivity index (χ3n) is 9.35. The van der Waals surface area contributed by atoms with Crippen LogP contribution in [0.4, 0.5) is 21.5 Å². The highest BCUT2D eigenvalue weighted by Crippen LogP contribution is 2.62. The molecule has 3 N–H and O–H groups in total. The van der Waals surface area contributed by atoms with Gasteiger partial charge in [-0.2, -0.15) is 0 Å². The lowest BCUT2D eigenvalue weighted by molar-refractivity contribution is -0.135. The molecule has 4 aliphatic rings. The van der Waals surface area contributed by atoms with Gasteiger partial charge in [0.25, 0.3) is 0 Å². The molecule has 1 saturated carbocycles. The van der Waals surface area contributed by atoms with Crippen molar-refractivity contribution in [2.45, 2.75) is 36.8 Å². The number of carboxylic acid groups (broad SMARTS) is 1. The van der Waals surface area contributed by atoms with Gasteiger partial charge in [-0.1, -0.05) is 41.4 Å². The van der Waals surface area contributed by atoms with E-state index in [9.17, 15) is 14.4 Å². The minimum absolute atomic E-state index is 0.0656. The quantitative estimate of drug-likeness (QED) is 0.312. The van der Waals surface area contributed by atoms with Gasteiger partial charge in [-0.25, -0.2) is 4.39 Å². The van der Waals surface area contributed by atoms with Crippen molar-refractivity contribution in [1.29, 1.82) is 0 Å². The van der Waals surface area contributed by atoms with Crippen molar-refractivity contribution in [3.8, 4) is 0 Å². The third kappa shape index (κ3) is 4.48. The zero-order valence-corrected chi connectivity index (χ0v) is 24.5. The van der Waals surface area contributed by atoms with Crippen LogP contribution < -0.4 is 15.5 Å². The molecule has 1 spiro atoms. The van der Waals surface area contributed by atoms with Crippen LogP contribution in [0.15, 0.2) is 60.7 Å². The fraction of sp³-hybridized carbons (Fsp3) is 0.344. The maximum absolute atomic E-state index is 16.1. The lowest BCUT2D eigenvalue weighted by Crippen LogP contribution is -2.54. The van der Waals surface area contributed by atoms with Crippen LogP contribution in [0.5, 0.6) is 0 Å². The van der Waals surface area contributed by atoms with E-state index in [2.05, 4.69) is 15.5 Å². The summed E-state index contributed by atoms with van der Waals surface area (Å²) in [7, 11) is 0. The summed E-state index contributed by atoms with van der Waals surface area (Å²) in [6.07, 6.45) is 2.66. The summed E-state index contributed by atoms with van der Waals surface area (Å²) in [5, 5.41) is 15.2. The number of aliphatic carboxylic acids is 1. The molecule has 7 rings (SSSR count). The average molecular weight is 624 g/mol. The number of piperidine rings is 1. The molecule has 2 saturated heterocycles. The van der Waals surface area contributed by atoms with Gasteiger partial charge in [0.2, 0.25) is 11.8 Å². The molecule has 1 aliphatic carbocycles. The Kier molecular flexibility index (Phi) is 6.87. The molecule has 0 aromatic heterocycles. The molecule has 4 atom stereocenters. The highest BCUT2D eigenvalue weighted by molar-refractivity contribution is 6.31. The molecule has 0 radical (unpaired) electrons. The van der Waals surface area contributed by atoms with E-state index in [0.29, 0.717) is 53.1 Å². The number of carbonyl (C=O) groups is 3. The van der Waals surface area contributed by atoms with E-state index in [1.807, 2.05) is 6.07 Å². The summed E-state index contributed by atoms with van der Waals surface area (Å²) < 4.78 is 16.1. The average Bonchev–Trinajstić information content (AvgIpc) is 3.70. The summed E-state index contributed by atoms with van der Waals surface area (Å²) in [5.41, 5.74) is 1.42. The number of likely N-dealkylation sites (tertiary alicyclic amines) is 1. The number of anilines is 3. The standard InChI is InChI=1S/C32H29Cl2FN4O4/c33-18-6-11-22-24(14-18)37-31(43)32(22)28(21-2-1-3-23(34)29(21)35)27-25(39(32)16-17-4-5-17)12-13-38(30(27)42)20-9-7-19(8-10-20)36-15-26(40)41/h1-3,6-11,14,17,25,27-28,36H,4-5,12-13,15-16H2,(H,37,43)(H,40,41)/t25-,27+,28-,32+/m0/s1. The van der Waals surface area contributed by atoms with E-state index in [4.69, 9.17) is 28.3 Å². The molecule has 0 unspecified atom stereocenters. The van der Waals surface area contributed by atoms with Crippen molar-refractivity contribution in [3.63, 3.8) is 0 Å². The van der Waals surface area contributed by atoms with Crippen molar-refractivity contribution in [2.24, 2.45) is 11.8 Å². The number of amides is 2. The van der Waals surface area contributed by atoms with Gasteiger partial charge in [0.1, 0.15) is 17.9 Å². The molecule has 11 heteroatoms. The monoisotopic (exact) mass is 622 g/mol. The molecule has 3 aliphatic heterocycles. The second-order valence-electron chi connectivity index (χ2n) is 11.8. The first-order valence-electron chi connectivity index (χ1n) is 14.4. The first-order valence-corrected chi connectivity index (χ1v) is 15.1. The van der Waals surface area contributed by atoms with Crippen molar-refractivity contribution < 1.29 is 23.9 Å². The normalized spacial score (nSPS) is 26.4. The Morgan fingerprint density at radius 2 is 1.84 bits per heavy atom. The minimum Gasteiger partial charge on any atom is -0.480 e. The predicted octanol–water partition coefficient (Wildman–Crippen LogP) is 5.71. The number of hydrogen-bond donors (Lipinski definition) is 3. The summed E-state index contributed by atoms with van der Waals surface area (Å²) in [6.45, 7) is 0.803. The zero-order chi connectivity index (χ0) is 30.0. The Hall–Kier alpha value is -3.66. The van der Waals surface area contributed by atoms with E-state index in [1.54, 1.807) is 53.4 Å². The summed E-state index contributed by atoms with van der Waals surface area (Å²) >= 11 is 12.7. The number of nitrogens with zero attached hydrogens (tertiary/aromatic N) is 2. The van der Waals surface area contributed by atoms with Gasteiger partial charge in [0.05, 0.1) is 10.9 Å². The molecule has 3 aromatic carbocycles. The van der Waals surface area contributed by atoms with Gasteiger partial charge in [0.15, 0.2) is 0 Å². The third-order valence-corrected chi connectivity index (χ3v) is 9.88. The van der Waals surface area contributed by atoms with Crippen molar-refractivity contribution in [2.75, 3.05) is 35.2 Å². The van der Waals surface area contributed by atoms with Gasteiger partial charge in [-0.05, 0) is 73.2 Å². The number of carbonyl (C=O) groups excluding carboxylic acids is 2. The van der Waals surface area contributed by atoms with Crippen molar-refractivity contribution in [1.82, 2.24) is 4.90 Å². The number of halogens is 3.